The first-order valence-electron chi connectivity index (χ1n) is 9.00. The third kappa shape index (κ3) is 9.62. The summed E-state index contributed by atoms with van der Waals surface area (Å²) in [7, 11) is 0. The molecule has 0 saturated heterocycles. The van der Waals surface area contributed by atoms with E-state index in [1.165, 1.54) is 0 Å². The van der Waals surface area contributed by atoms with Crippen molar-refractivity contribution in [1.82, 2.24) is 16.0 Å². The van der Waals surface area contributed by atoms with Crippen molar-refractivity contribution in [3.05, 3.63) is 0 Å². The predicted molar refractivity (Wildman–Crippen MR) is 105 cm³/mol. The molecule has 0 aliphatic carbocycles. The highest BCUT2D eigenvalue weighted by Gasteiger charge is 2.30. The normalized spacial score (nSPS) is 15.4. The van der Waals surface area contributed by atoms with Crippen LogP contribution in [0.5, 0.6) is 0 Å². The third-order valence-electron chi connectivity index (χ3n) is 4.09. The Morgan fingerprint density at radius 2 is 1.67 bits per heavy atom. The van der Waals surface area contributed by atoms with Crippen molar-refractivity contribution in [1.29, 1.82) is 0 Å². The number of thiol groups is 1. The van der Waals surface area contributed by atoms with Crippen LogP contribution in [0.15, 0.2) is 0 Å². The zero-order chi connectivity index (χ0) is 21.1. The van der Waals surface area contributed by atoms with E-state index >= 15 is 0 Å². The maximum Gasteiger partial charge on any atom is 0.326 e. The summed E-state index contributed by atoms with van der Waals surface area (Å²) in [6, 6.07) is -2.77. The summed E-state index contributed by atoms with van der Waals surface area (Å²) in [5, 5.41) is 16.7. The first-order chi connectivity index (χ1) is 12.5. The highest BCUT2D eigenvalue weighted by atomic mass is 32.1. The van der Waals surface area contributed by atoms with Gasteiger partial charge < -0.3 is 26.8 Å². The molecule has 0 aromatic rings. The topological polar surface area (TPSA) is 151 Å². The summed E-state index contributed by atoms with van der Waals surface area (Å²) in [6.45, 7) is 7.00. The molecule has 0 spiro atoms. The molecule has 0 aromatic heterocycles. The Morgan fingerprint density at radius 3 is 2.11 bits per heavy atom. The lowest BCUT2D eigenvalue weighted by atomic mass is 9.97. The van der Waals surface area contributed by atoms with Gasteiger partial charge in [0.05, 0.1) is 12.6 Å². The van der Waals surface area contributed by atoms with E-state index in [1.54, 1.807) is 6.92 Å². The molecule has 156 valence electrons. The molecule has 4 atom stereocenters. The average Bonchev–Trinajstić information content (AvgIpc) is 2.61. The molecule has 0 fully saturated rings. The van der Waals surface area contributed by atoms with E-state index in [2.05, 4.69) is 28.6 Å². The molecule has 0 saturated carbocycles. The van der Waals surface area contributed by atoms with Crippen molar-refractivity contribution in [2.24, 2.45) is 17.6 Å². The molecule has 0 radical (unpaired) electrons. The van der Waals surface area contributed by atoms with Crippen LogP contribution in [0.2, 0.25) is 0 Å². The van der Waals surface area contributed by atoms with Gasteiger partial charge >= 0.3 is 5.97 Å². The Balaban J connectivity index is 4.95. The van der Waals surface area contributed by atoms with Crippen molar-refractivity contribution in [3.8, 4) is 0 Å². The van der Waals surface area contributed by atoms with E-state index in [-0.39, 0.29) is 30.6 Å². The van der Waals surface area contributed by atoms with Crippen molar-refractivity contribution >= 4 is 36.3 Å². The molecule has 0 aliphatic rings. The molecule has 3 amide bonds. The number of hydrogen-bond donors (Lipinski definition) is 6. The number of hydrogen-bond acceptors (Lipinski definition) is 6. The number of carboxylic acids is 1. The molecule has 27 heavy (non-hydrogen) atoms. The minimum absolute atomic E-state index is 0.0780. The monoisotopic (exact) mass is 404 g/mol. The Bertz CT molecular complexity index is 529. The molecule has 6 N–H and O–H groups in total. The third-order valence-corrected chi connectivity index (χ3v) is 4.48. The molecule has 0 heterocycles. The van der Waals surface area contributed by atoms with Gasteiger partial charge in [0.15, 0.2) is 0 Å². The number of carboxylic acid groups (broad SMARTS) is 1. The second kappa shape index (κ2) is 12.6. The molecular formula is C17H32N4O5S. The zero-order valence-corrected chi connectivity index (χ0v) is 17.2. The maximum atomic E-state index is 12.6. The van der Waals surface area contributed by atoms with Crippen LogP contribution in [0.1, 0.15) is 40.5 Å². The summed E-state index contributed by atoms with van der Waals surface area (Å²) in [5.41, 5.74) is 5.50. The molecule has 4 unspecified atom stereocenters. The lowest BCUT2D eigenvalue weighted by molar-refractivity contribution is -0.143. The zero-order valence-electron chi connectivity index (χ0n) is 16.3. The van der Waals surface area contributed by atoms with Gasteiger partial charge in [-0.2, -0.15) is 12.6 Å². The summed E-state index contributed by atoms with van der Waals surface area (Å²) < 4.78 is 0. The molecule has 0 rings (SSSR count). The largest absolute Gasteiger partial charge is 0.480 e. The quantitative estimate of drug-likeness (QED) is 0.242. The van der Waals surface area contributed by atoms with Gasteiger partial charge in [0, 0.05) is 5.75 Å². The fourth-order valence-electron chi connectivity index (χ4n) is 2.26. The maximum absolute atomic E-state index is 12.6. The van der Waals surface area contributed by atoms with Gasteiger partial charge in [-0.3, -0.25) is 14.4 Å². The second-order valence-electron chi connectivity index (χ2n) is 6.97. The van der Waals surface area contributed by atoms with Crippen molar-refractivity contribution in [2.75, 3.05) is 12.3 Å². The molecule has 0 bridgehead atoms. The Morgan fingerprint density at radius 1 is 1.07 bits per heavy atom. The first-order valence-corrected chi connectivity index (χ1v) is 9.63. The van der Waals surface area contributed by atoms with E-state index in [1.807, 2.05) is 20.8 Å². The minimum Gasteiger partial charge on any atom is -0.480 e. The Hall–Kier alpha value is -1.81. The van der Waals surface area contributed by atoms with Gasteiger partial charge in [-0.15, -0.1) is 0 Å². The minimum atomic E-state index is -1.13. The number of carbonyl (C=O) groups excluding carboxylic acids is 3. The van der Waals surface area contributed by atoms with Gasteiger partial charge in [0.1, 0.15) is 12.1 Å². The van der Waals surface area contributed by atoms with E-state index in [0.29, 0.717) is 6.42 Å². The van der Waals surface area contributed by atoms with Gasteiger partial charge in [0.2, 0.25) is 17.7 Å². The fourth-order valence-corrected chi connectivity index (χ4v) is 2.43. The van der Waals surface area contributed by atoms with Crippen LogP contribution in [0.25, 0.3) is 0 Å². The molecular weight excluding hydrogens is 372 g/mol. The number of carbonyl (C=O) groups is 4. The summed E-state index contributed by atoms with van der Waals surface area (Å²) >= 11 is 3.91. The number of nitrogens with two attached hydrogens (primary N) is 1. The van der Waals surface area contributed by atoms with Gasteiger partial charge in [-0.05, 0) is 18.3 Å². The summed E-state index contributed by atoms with van der Waals surface area (Å²) in [4.78, 5) is 47.6. The van der Waals surface area contributed by atoms with E-state index in [0.717, 1.165) is 0 Å². The standard InChI is InChI=1S/C17H32N4O5S/c1-5-10(4)14(16(24)20-12(17(25)26)6-9(2)3)21-13(22)7-19-15(23)11(18)8-27/h9-12,14,27H,5-8,18H2,1-4H3,(H,19,23)(H,20,24)(H,21,22)(H,25,26). The van der Waals surface area contributed by atoms with E-state index in [9.17, 15) is 24.3 Å². The SMILES string of the molecule is CCC(C)C(NC(=O)CNC(=O)C(N)CS)C(=O)NC(CC(C)C)C(=O)O. The fraction of sp³-hybridized carbons (Fsp3) is 0.765. The molecule has 0 aliphatic heterocycles. The molecule has 10 heteroatoms. The van der Waals surface area contributed by atoms with E-state index in [4.69, 9.17) is 5.73 Å². The average molecular weight is 405 g/mol. The van der Waals surface area contributed by atoms with Crippen molar-refractivity contribution in [3.63, 3.8) is 0 Å². The second-order valence-corrected chi connectivity index (χ2v) is 7.33. The van der Waals surface area contributed by atoms with Crippen LogP contribution in [0.3, 0.4) is 0 Å². The van der Waals surface area contributed by atoms with Crippen molar-refractivity contribution < 1.29 is 24.3 Å². The number of rotatable bonds is 12. The highest BCUT2D eigenvalue weighted by molar-refractivity contribution is 7.80. The van der Waals surface area contributed by atoms with E-state index < -0.39 is 41.8 Å². The number of amides is 3. The van der Waals surface area contributed by atoms with Crippen LogP contribution in [0, 0.1) is 11.8 Å². The Labute approximate surface area is 165 Å². The molecule has 9 nitrogen and oxygen atoms in total. The lowest BCUT2D eigenvalue weighted by Crippen LogP contribution is -2.56. The summed E-state index contributed by atoms with van der Waals surface area (Å²) in [5.74, 6) is -2.79. The van der Waals surface area contributed by atoms with Crippen LogP contribution < -0.4 is 21.7 Å². The van der Waals surface area contributed by atoms with Crippen LogP contribution >= 0.6 is 12.6 Å². The Kier molecular flexibility index (Phi) is 11.7. The van der Waals surface area contributed by atoms with Gasteiger partial charge in [0.25, 0.3) is 0 Å². The predicted octanol–water partition coefficient (Wildman–Crippen LogP) is -0.494. The lowest BCUT2D eigenvalue weighted by Gasteiger charge is -2.26. The number of aliphatic carboxylic acids is 1. The smallest absolute Gasteiger partial charge is 0.326 e. The van der Waals surface area contributed by atoms with Crippen molar-refractivity contribution in [2.45, 2.75) is 58.7 Å². The highest BCUT2D eigenvalue weighted by Crippen LogP contribution is 2.10. The van der Waals surface area contributed by atoms with Gasteiger partial charge in [-0.25, -0.2) is 4.79 Å². The van der Waals surface area contributed by atoms with Crippen LogP contribution in [-0.4, -0.2) is 59.2 Å². The number of nitrogens with one attached hydrogen (secondary N) is 3. The first kappa shape index (κ1) is 25.2. The van der Waals surface area contributed by atoms with Gasteiger partial charge in [-0.1, -0.05) is 34.1 Å². The van der Waals surface area contributed by atoms with Crippen LogP contribution in [-0.2, 0) is 19.2 Å². The summed E-state index contributed by atoms with van der Waals surface area (Å²) in [6.07, 6.45) is 0.872. The molecule has 0 aromatic carbocycles. The van der Waals surface area contributed by atoms with Crippen LogP contribution in [0.4, 0.5) is 0 Å².